The van der Waals surface area contributed by atoms with Crippen LogP contribution < -0.4 is 0 Å². The normalized spacial score (nSPS) is 12.9. The molecule has 0 saturated heterocycles. The number of hydrogen-bond donors (Lipinski definition) is 0. The van der Waals surface area contributed by atoms with Gasteiger partial charge < -0.3 is 4.43 Å². The quantitative estimate of drug-likeness (QED) is 0.578. The molecule has 0 N–H and O–H groups in total. The first-order valence-electron chi connectivity index (χ1n) is 5.82. The van der Waals surface area contributed by atoms with Crippen LogP contribution in [0.5, 0.6) is 0 Å². The first kappa shape index (κ1) is 15.2. The van der Waals surface area contributed by atoms with Gasteiger partial charge in [-0.05, 0) is 30.3 Å². The highest BCUT2D eigenvalue weighted by molar-refractivity contribution is 6.74. The van der Waals surface area contributed by atoms with Gasteiger partial charge in [-0.15, -0.1) is 0 Å². The molecule has 0 aliphatic heterocycles. The predicted octanol–water partition coefficient (Wildman–Crippen LogP) is 4.63. The SMILES string of the molecule is CC(C)(C)[Si](C)(C)OCc1c(F)ccc(F)c1F. The molecule has 18 heavy (non-hydrogen) atoms. The van der Waals surface area contributed by atoms with Crippen molar-refractivity contribution < 1.29 is 17.6 Å². The Labute approximate surface area is 107 Å². The van der Waals surface area contributed by atoms with Crippen LogP contribution >= 0.6 is 0 Å². The maximum atomic E-state index is 13.5. The van der Waals surface area contributed by atoms with Gasteiger partial charge in [-0.1, -0.05) is 20.8 Å². The maximum Gasteiger partial charge on any atom is 0.192 e. The summed E-state index contributed by atoms with van der Waals surface area (Å²) in [4.78, 5) is 0. The fraction of sp³-hybridized carbons (Fsp3) is 0.538. The summed E-state index contributed by atoms with van der Waals surface area (Å²) in [6.07, 6.45) is 0. The van der Waals surface area contributed by atoms with E-state index < -0.39 is 25.8 Å². The summed E-state index contributed by atoms with van der Waals surface area (Å²) >= 11 is 0. The Balaban J connectivity index is 2.91. The first-order valence-corrected chi connectivity index (χ1v) is 8.73. The molecule has 0 spiro atoms. The molecule has 0 heterocycles. The molecular formula is C13H19F3OSi. The fourth-order valence-corrected chi connectivity index (χ4v) is 2.11. The first-order chi connectivity index (χ1) is 8.06. The topological polar surface area (TPSA) is 9.23 Å². The van der Waals surface area contributed by atoms with Gasteiger partial charge in [-0.3, -0.25) is 0 Å². The van der Waals surface area contributed by atoms with Crippen LogP contribution in [-0.2, 0) is 11.0 Å². The summed E-state index contributed by atoms with van der Waals surface area (Å²) < 4.78 is 45.6. The Morgan fingerprint density at radius 3 is 2.06 bits per heavy atom. The highest BCUT2D eigenvalue weighted by Gasteiger charge is 2.37. The number of halogens is 3. The van der Waals surface area contributed by atoms with E-state index in [1.54, 1.807) is 0 Å². The van der Waals surface area contributed by atoms with Crippen molar-refractivity contribution in [2.45, 2.75) is 45.5 Å². The van der Waals surface area contributed by atoms with Crippen LogP contribution in [0.15, 0.2) is 12.1 Å². The minimum absolute atomic E-state index is 0.0622. The van der Waals surface area contributed by atoms with Crippen molar-refractivity contribution in [1.82, 2.24) is 0 Å². The minimum Gasteiger partial charge on any atom is -0.412 e. The van der Waals surface area contributed by atoms with E-state index in [0.29, 0.717) is 0 Å². The third kappa shape index (κ3) is 3.14. The van der Waals surface area contributed by atoms with Crippen LogP contribution in [0.25, 0.3) is 0 Å². The Morgan fingerprint density at radius 1 is 1.06 bits per heavy atom. The molecule has 5 heteroatoms. The van der Waals surface area contributed by atoms with E-state index in [0.717, 1.165) is 12.1 Å². The lowest BCUT2D eigenvalue weighted by molar-refractivity contribution is 0.263. The highest BCUT2D eigenvalue weighted by atomic mass is 28.4. The lowest BCUT2D eigenvalue weighted by Gasteiger charge is -2.36. The average Bonchev–Trinajstić information content (AvgIpc) is 2.22. The second kappa shape index (κ2) is 5.05. The van der Waals surface area contributed by atoms with E-state index in [9.17, 15) is 13.2 Å². The third-order valence-corrected chi connectivity index (χ3v) is 8.00. The van der Waals surface area contributed by atoms with Crippen molar-refractivity contribution in [2.24, 2.45) is 0 Å². The van der Waals surface area contributed by atoms with E-state index in [4.69, 9.17) is 4.43 Å². The molecule has 1 nitrogen and oxygen atoms in total. The van der Waals surface area contributed by atoms with Gasteiger partial charge in [0.05, 0.1) is 12.2 Å². The van der Waals surface area contributed by atoms with Gasteiger partial charge in [0.15, 0.2) is 20.0 Å². The Bertz CT molecular complexity index is 439. The molecule has 102 valence electrons. The van der Waals surface area contributed by atoms with E-state index in [-0.39, 0.29) is 17.2 Å². The van der Waals surface area contributed by atoms with Crippen LogP contribution in [0.3, 0.4) is 0 Å². The van der Waals surface area contributed by atoms with Gasteiger partial charge in [0.25, 0.3) is 0 Å². The highest BCUT2D eigenvalue weighted by Crippen LogP contribution is 2.37. The molecule has 1 aromatic rings. The van der Waals surface area contributed by atoms with Crippen LogP contribution in [0.2, 0.25) is 18.1 Å². The molecule has 0 aromatic heterocycles. The van der Waals surface area contributed by atoms with E-state index in [2.05, 4.69) is 0 Å². The Hall–Kier alpha value is -0.813. The molecule has 1 aromatic carbocycles. The minimum atomic E-state index is -2.11. The van der Waals surface area contributed by atoms with Gasteiger partial charge in [0.2, 0.25) is 0 Å². The summed E-state index contributed by atoms with van der Waals surface area (Å²) in [6, 6.07) is 1.70. The van der Waals surface area contributed by atoms with Crippen molar-refractivity contribution in [3.8, 4) is 0 Å². The molecule has 0 bridgehead atoms. The van der Waals surface area contributed by atoms with E-state index in [1.165, 1.54) is 0 Å². The molecule has 0 atom stereocenters. The fourth-order valence-electron chi connectivity index (χ4n) is 1.17. The largest absolute Gasteiger partial charge is 0.412 e. The van der Waals surface area contributed by atoms with Crippen molar-refractivity contribution in [2.75, 3.05) is 0 Å². The zero-order valence-electron chi connectivity index (χ0n) is 11.4. The van der Waals surface area contributed by atoms with E-state index in [1.807, 2.05) is 33.9 Å². The number of rotatable bonds is 3. The summed E-state index contributed by atoms with van der Waals surface area (Å²) in [5.41, 5.74) is -0.333. The molecule has 0 aliphatic rings. The van der Waals surface area contributed by atoms with Gasteiger partial charge in [0.1, 0.15) is 5.82 Å². The number of hydrogen-bond acceptors (Lipinski definition) is 1. The molecule has 0 fully saturated rings. The van der Waals surface area contributed by atoms with Crippen LogP contribution in [0.4, 0.5) is 13.2 Å². The summed E-state index contributed by atoms with van der Waals surface area (Å²) in [6.45, 7) is 9.79. The molecule has 0 amide bonds. The molecule has 0 radical (unpaired) electrons. The second-order valence-corrected chi connectivity index (χ2v) is 10.7. The number of benzene rings is 1. The molecule has 1 rings (SSSR count). The molecule has 0 saturated carbocycles. The van der Waals surface area contributed by atoms with Gasteiger partial charge in [-0.25, -0.2) is 13.2 Å². The summed E-state index contributed by atoms with van der Waals surface area (Å²) in [5.74, 6) is -2.98. The summed E-state index contributed by atoms with van der Waals surface area (Å²) in [5, 5.41) is -0.0622. The van der Waals surface area contributed by atoms with Crippen molar-refractivity contribution in [3.05, 3.63) is 35.1 Å². The van der Waals surface area contributed by atoms with Gasteiger partial charge in [-0.2, -0.15) is 0 Å². The average molecular weight is 276 g/mol. The van der Waals surface area contributed by atoms with Crippen LogP contribution in [-0.4, -0.2) is 8.32 Å². The van der Waals surface area contributed by atoms with Crippen molar-refractivity contribution in [3.63, 3.8) is 0 Å². The summed E-state index contributed by atoms with van der Waals surface area (Å²) in [7, 11) is -2.11. The van der Waals surface area contributed by atoms with E-state index >= 15 is 0 Å². The van der Waals surface area contributed by atoms with Crippen molar-refractivity contribution >= 4 is 8.32 Å². The van der Waals surface area contributed by atoms with Gasteiger partial charge >= 0.3 is 0 Å². The molecule has 0 aliphatic carbocycles. The Kier molecular flexibility index (Phi) is 4.28. The lowest BCUT2D eigenvalue weighted by Crippen LogP contribution is -2.40. The maximum absolute atomic E-state index is 13.5. The van der Waals surface area contributed by atoms with Crippen LogP contribution in [0, 0.1) is 17.5 Å². The lowest BCUT2D eigenvalue weighted by atomic mass is 10.2. The van der Waals surface area contributed by atoms with Crippen molar-refractivity contribution in [1.29, 1.82) is 0 Å². The third-order valence-electron chi connectivity index (χ3n) is 3.52. The standard InChI is InChI=1S/C13H19F3OSi/c1-13(2,3)18(4,5)17-8-9-10(14)6-7-11(15)12(9)16/h6-7H,8H2,1-5H3. The zero-order chi connectivity index (χ0) is 14.1. The van der Waals surface area contributed by atoms with Gasteiger partial charge in [0, 0.05) is 0 Å². The van der Waals surface area contributed by atoms with Crippen LogP contribution in [0.1, 0.15) is 26.3 Å². The predicted molar refractivity (Wildman–Crippen MR) is 68.3 cm³/mol. The Morgan fingerprint density at radius 2 is 1.56 bits per heavy atom. The molecular weight excluding hydrogens is 257 g/mol. The molecule has 0 unspecified atom stereocenters. The second-order valence-electron chi connectivity index (χ2n) is 5.87. The smallest absolute Gasteiger partial charge is 0.192 e. The monoisotopic (exact) mass is 276 g/mol. The zero-order valence-corrected chi connectivity index (χ0v) is 12.4.